The third-order valence-electron chi connectivity index (χ3n) is 9.95. The molecule has 4 aromatic rings. The number of nitrogens with zero attached hydrogens (tertiary/aromatic N) is 2. The van der Waals surface area contributed by atoms with Crippen molar-refractivity contribution in [3.63, 3.8) is 0 Å². The molecule has 310 valence electrons. The van der Waals surface area contributed by atoms with Gasteiger partial charge in [0, 0.05) is 42.5 Å². The van der Waals surface area contributed by atoms with Crippen LogP contribution in [0.1, 0.15) is 62.8 Å². The Kier molecular flexibility index (Phi) is 14.1. The second-order valence-corrected chi connectivity index (χ2v) is 15.3. The Morgan fingerprint density at radius 2 is 1.47 bits per heavy atom. The summed E-state index contributed by atoms with van der Waals surface area (Å²) in [5, 5.41) is 20.7. The Labute approximate surface area is 335 Å². The Morgan fingerprint density at radius 3 is 2.12 bits per heavy atom. The highest BCUT2D eigenvalue weighted by molar-refractivity contribution is 5.97. The number of ether oxygens (including phenoxy) is 1. The fourth-order valence-electron chi connectivity index (χ4n) is 6.69. The first-order valence-corrected chi connectivity index (χ1v) is 19.2. The van der Waals surface area contributed by atoms with Crippen molar-refractivity contribution in [1.29, 1.82) is 0 Å². The molecule has 0 saturated carbocycles. The zero-order valence-electron chi connectivity index (χ0n) is 33.4. The molecular weight excluding hydrogens is 749 g/mol. The lowest BCUT2D eigenvalue weighted by Gasteiger charge is -2.32. The number of nitrogens with one attached hydrogen (secondary N) is 8. The van der Waals surface area contributed by atoms with Crippen molar-refractivity contribution in [3.05, 3.63) is 82.2 Å². The van der Waals surface area contributed by atoms with Crippen molar-refractivity contribution in [2.45, 2.75) is 84.1 Å². The van der Waals surface area contributed by atoms with Gasteiger partial charge in [0.1, 0.15) is 36.5 Å². The van der Waals surface area contributed by atoms with Gasteiger partial charge >= 0.3 is 5.69 Å². The van der Waals surface area contributed by atoms with Gasteiger partial charge in [-0.25, -0.2) is 9.89 Å². The second kappa shape index (κ2) is 19.1. The summed E-state index contributed by atoms with van der Waals surface area (Å²) >= 11 is 0. The van der Waals surface area contributed by atoms with Gasteiger partial charge in [-0.15, -0.1) is 5.10 Å². The van der Waals surface area contributed by atoms with E-state index < -0.39 is 77.9 Å². The number of aromatic nitrogens is 4. The first-order valence-electron chi connectivity index (χ1n) is 19.2. The number of hydrogen-bond acceptors (Lipinski definition) is 9. The van der Waals surface area contributed by atoms with E-state index in [0.29, 0.717) is 16.9 Å². The minimum Gasteiger partial charge on any atom is -0.497 e. The fourth-order valence-corrected chi connectivity index (χ4v) is 6.69. The zero-order valence-corrected chi connectivity index (χ0v) is 33.4. The molecule has 2 aromatic heterocycles. The van der Waals surface area contributed by atoms with Crippen LogP contribution in [0, 0.1) is 11.8 Å². The number of aromatic amines is 3. The highest BCUT2D eigenvalue weighted by Crippen LogP contribution is 2.20. The van der Waals surface area contributed by atoms with E-state index in [1.165, 1.54) is 14.0 Å². The van der Waals surface area contributed by atoms with Gasteiger partial charge in [-0.05, 0) is 54.5 Å². The van der Waals surface area contributed by atoms with E-state index in [9.17, 15) is 33.6 Å². The number of hydrogen-bond donors (Lipinski definition) is 8. The van der Waals surface area contributed by atoms with Crippen LogP contribution in [0.15, 0.2) is 59.5 Å². The van der Waals surface area contributed by atoms with Gasteiger partial charge in [-0.2, -0.15) is 0 Å². The lowest BCUT2D eigenvalue weighted by molar-refractivity contribution is -0.135. The molecule has 1 fully saturated rings. The molecule has 6 amide bonds. The van der Waals surface area contributed by atoms with Gasteiger partial charge in [0.05, 0.1) is 7.11 Å². The summed E-state index contributed by atoms with van der Waals surface area (Å²) in [5.74, 6) is -4.26. The number of fused-ring (bicyclic) bond motifs is 1. The van der Waals surface area contributed by atoms with Gasteiger partial charge in [0.15, 0.2) is 0 Å². The molecule has 1 saturated heterocycles. The van der Waals surface area contributed by atoms with E-state index in [-0.39, 0.29) is 43.5 Å². The zero-order chi connectivity index (χ0) is 42.1. The molecule has 0 unspecified atom stereocenters. The standard InChI is InChI=1S/C40H52N10O8/c1-21(2)15-29-37(54)45-30(16-24-11-13-26(58-6)14-12-24)36(53)42-23(5)35(52)46-32(22(3)4)19-50(39(56)34-47-40(57)49-48-34)20-33(51)43-31(38(55)44-29)17-25-18-41-28-10-8-7-9-27(25)28/h7-14,18,21-23,29-32,41H,15-17,19-20H2,1-6H3,(H,42,53)(H,43,51)(H,44,55)(H,45,54)(H,46,52)(H2,47,48,49,57)/t23-,29+,30+,31-,32-/m1/s1. The number of H-pyrrole nitrogens is 3. The molecule has 0 bridgehead atoms. The van der Waals surface area contributed by atoms with Crippen LogP contribution < -0.4 is 37.0 Å². The monoisotopic (exact) mass is 800 g/mol. The summed E-state index contributed by atoms with van der Waals surface area (Å²) in [5.41, 5.74) is 1.46. The summed E-state index contributed by atoms with van der Waals surface area (Å²) < 4.78 is 5.27. The molecule has 0 spiro atoms. The van der Waals surface area contributed by atoms with E-state index in [2.05, 4.69) is 46.7 Å². The summed E-state index contributed by atoms with van der Waals surface area (Å²) in [6.45, 7) is 8.03. The molecule has 5 rings (SSSR count). The molecule has 0 radical (unpaired) electrons. The Balaban J connectivity index is 1.55. The van der Waals surface area contributed by atoms with E-state index in [4.69, 9.17) is 4.74 Å². The van der Waals surface area contributed by atoms with Gasteiger partial charge in [-0.3, -0.25) is 33.8 Å². The molecule has 0 aliphatic carbocycles. The Hall–Kier alpha value is -6.46. The average molecular weight is 801 g/mol. The van der Waals surface area contributed by atoms with Crippen molar-refractivity contribution < 1.29 is 33.5 Å². The number of amides is 6. The maximum atomic E-state index is 14.3. The Morgan fingerprint density at radius 1 is 0.810 bits per heavy atom. The van der Waals surface area contributed by atoms with E-state index in [0.717, 1.165) is 15.8 Å². The molecule has 3 heterocycles. The molecule has 5 atom stereocenters. The van der Waals surface area contributed by atoms with Crippen LogP contribution in [0.3, 0.4) is 0 Å². The fraction of sp³-hybridized carbons (Fsp3) is 0.450. The normalized spacial score (nSPS) is 21.8. The van der Waals surface area contributed by atoms with Gasteiger partial charge < -0.3 is 41.2 Å². The van der Waals surface area contributed by atoms with Crippen LogP contribution in [-0.4, -0.2) is 111 Å². The van der Waals surface area contributed by atoms with E-state index in [1.54, 1.807) is 44.3 Å². The third kappa shape index (κ3) is 11.1. The molecule has 1 aliphatic rings. The summed E-state index contributed by atoms with van der Waals surface area (Å²) in [6.07, 6.45) is 1.96. The highest BCUT2D eigenvalue weighted by Gasteiger charge is 2.34. The van der Waals surface area contributed by atoms with Crippen LogP contribution in [0.4, 0.5) is 0 Å². The van der Waals surface area contributed by atoms with Crippen LogP contribution in [0.25, 0.3) is 10.9 Å². The van der Waals surface area contributed by atoms with Crippen LogP contribution in [-0.2, 0) is 36.8 Å². The lowest BCUT2D eigenvalue weighted by Crippen LogP contribution is -2.60. The number of methoxy groups -OCH3 is 1. The van der Waals surface area contributed by atoms with Crippen molar-refractivity contribution in [2.24, 2.45) is 11.8 Å². The van der Waals surface area contributed by atoms with Crippen molar-refractivity contribution in [1.82, 2.24) is 51.6 Å². The predicted molar refractivity (Wildman–Crippen MR) is 213 cm³/mol. The first kappa shape index (κ1) is 42.7. The third-order valence-corrected chi connectivity index (χ3v) is 9.95. The van der Waals surface area contributed by atoms with Crippen LogP contribution in [0.2, 0.25) is 0 Å². The van der Waals surface area contributed by atoms with Crippen molar-refractivity contribution >= 4 is 46.3 Å². The largest absolute Gasteiger partial charge is 0.497 e. The SMILES string of the molecule is COc1ccc(C[C@@H]2NC(=O)[C@H](CC(C)C)NC(=O)[C@@H](Cc3c[nH]c4ccccc34)NC(=O)CN(C(=O)c3n[nH]c(=O)[nH]3)C[C@H](C(C)C)NC(=O)[C@@H](C)NC2=O)cc1. The first-order chi connectivity index (χ1) is 27.6. The predicted octanol–water partition coefficient (Wildman–Crippen LogP) is 0.675. The minimum atomic E-state index is -1.24. The van der Waals surface area contributed by atoms with E-state index in [1.807, 2.05) is 38.1 Å². The number of carbonyl (C=O) groups excluding carboxylic acids is 6. The smallest absolute Gasteiger partial charge is 0.341 e. The minimum absolute atomic E-state index is 0.00328. The number of rotatable bonds is 9. The molecule has 18 heteroatoms. The lowest BCUT2D eigenvalue weighted by atomic mass is 9.99. The molecule has 8 N–H and O–H groups in total. The molecule has 1 aliphatic heterocycles. The number of carbonyl (C=O) groups is 6. The summed E-state index contributed by atoms with van der Waals surface area (Å²) in [7, 11) is 1.53. The maximum absolute atomic E-state index is 14.3. The quantitative estimate of drug-likeness (QED) is 0.118. The van der Waals surface area contributed by atoms with Crippen LogP contribution >= 0.6 is 0 Å². The summed E-state index contributed by atoms with van der Waals surface area (Å²) in [6, 6.07) is 8.99. The number of benzene rings is 2. The van der Waals surface area contributed by atoms with Gasteiger partial charge in [-0.1, -0.05) is 58.0 Å². The van der Waals surface area contributed by atoms with Gasteiger partial charge in [0.2, 0.25) is 35.4 Å². The maximum Gasteiger partial charge on any atom is 0.341 e. The van der Waals surface area contributed by atoms with E-state index >= 15 is 0 Å². The van der Waals surface area contributed by atoms with Crippen molar-refractivity contribution in [3.8, 4) is 5.75 Å². The van der Waals surface area contributed by atoms with Gasteiger partial charge in [0.25, 0.3) is 5.91 Å². The van der Waals surface area contributed by atoms with Crippen molar-refractivity contribution in [2.75, 3.05) is 20.2 Å². The Bertz CT molecular complexity index is 2160. The average Bonchev–Trinajstić information content (AvgIpc) is 3.81. The molecular formula is C40H52N10O8. The van der Waals surface area contributed by atoms with Crippen LogP contribution in [0.5, 0.6) is 5.75 Å². The second-order valence-electron chi connectivity index (χ2n) is 15.3. The highest BCUT2D eigenvalue weighted by atomic mass is 16.5. The molecule has 18 nitrogen and oxygen atoms in total. The molecule has 2 aromatic carbocycles. The topological polar surface area (TPSA) is 252 Å². The summed E-state index contributed by atoms with van der Waals surface area (Å²) in [4.78, 5) is 102. The molecule has 58 heavy (non-hydrogen) atoms. The number of para-hydroxylation sites is 1.